The van der Waals surface area contributed by atoms with Crippen LogP contribution in [0.25, 0.3) is 10.9 Å². The van der Waals surface area contributed by atoms with Gasteiger partial charge in [-0.3, -0.25) is 4.68 Å². The molecule has 74 valence electrons. The molecule has 1 N–H and O–H groups in total. The fraction of sp³-hybridized carbons (Fsp3) is 0.300. The topological polar surface area (TPSA) is 29.9 Å². The first-order valence-electron chi connectivity index (χ1n) is 4.62. The maximum Gasteiger partial charge on any atom is 0.165 e. The first kappa shape index (κ1) is 9.40. The van der Waals surface area contributed by atoms with E-state index in [0.29, 0.717) is 0 Å². The third-order valence-electron chi connectivity index (χ3n) is 2.07. The van der Waals surface area contributed by atoms with Crippen LogP contribution in [0, 0.1) is 0 Å². The van der Waals surface area contributed by atoms with Gasteiger partial charge in [0.25, 0.3) is 0 Å². The minimum absolute atomic E-state index is 0.954. The van der Waals surface area contributed by atoms with Gasteiger partial charge in [0.15, 0.2) is 5.82 Å². The van der Waals surface area contributed by atoms with Crippen LogP contribution >= 0.6 is 11.9 Å². The number of hydrogen-bond donors (Lipinski definition) is 1. The molecular formula is C10H13N3S. The van der Waals surface area contributed by atoms with Gasteiger partial charge in [0.05, 0.1) is 5.52 Å². The van der Waals surface area contributed by atoms with Crippen molar-refractivity contribution in [3.63, 3.8) is 0 Å². The maximum atomic E-state index is 4.41. The fourth-order valence-electron chi connectivity index (χ4n) is 1.43. The molecular weight excluding hydrogens is 194 g/mol. The van der Waals surface area contributed by atoms with Gasteiger partial charge >= 0.3 is 0 Å². The Morgan fingerprint density at radius 1 is 1.43 bits per heavy atom. The summed E-state index contributed by atoms with van der Waals surface area (Å²) in [6.45, 7) is 2.11. The van der Waals surface area contributed by atoms with Crippen LogP contribution in [0.3, 0.4) is 0 Å². The van der Waals surface area contributed by atoms with Gasteiger partial charge in [-0.05, 0) is 12.1 Å². The van der Waals surface area contributed by atoms with E-state index in [-0.39, 0.29) is 0 Å². The predicted molar refractivity (Wildman–Crippen MR) is 62.5 cm³/mol. The van der Waals surface area contributed by atoms with E-state index in [0.717, 1.165) is 17.1 Å². The summed E-state index contributed by atoms with van der Waals surface area (Å²) in [5.41, 5.74) is 1.16. The van der Waals surface area contributed by atoms with Gasteiger partial charge in [-0.15, -0.1) is 0 Å². The van der Waals surface area contributed by atoms with Crippen molar-refractivity contribution < 1.29 is 0 Å². The second kappa shape index (κ2) is 3.92. The van der Waals surface area contributed by atoms with Gasteiger partial charge in [-0.25, -0.2) is 0 Å². The number of aromatic nitrogens is 2. The zero-order valence-electron chi connectivity index (χ0n) is 8.32. The number of rotatable bonds is 3. The van der Waals surface area contributed by atoms with Gasteiger partial charge in [0, 0.05) is 18.2 Å². The highest BCUT2D eigenvalue weighted by Gasteiger charge is 2.05. The van der Waals surface area contributed by atoms with E-state index >= 15 is 0 Å². The molecule has 0 radical (unpaired) electrons. The van der Waals surface area contributed by atoms with Crippen molar-refractivity contribution in [2.45, 2.75) is 6.92 Å². The third-order valence-corrected chi connectivity index (χ3v) is 2.70. The Balaban J connectivity index is 2.44. The van der Waals surface area contributed by atoms with Crippen LogP contribution in [0.5, 0.6) is 0 Å². The van der Waals surface area contributed by atoms with Crippen molar-refractivity contribution in [2.24, 2.45) is 7.05 Å². The Kier molecular flexibility index (Phi) is 2.63. The van der Waals surface area contributed by atoms with Gasteiger partial charge < -0.3 is 4.72 Å². The van der Waals surface area contributed by atoms with Crippen LogP contribution in [-0.2, 0) is 7.05 Å². The third kappa shape index (κ3) is 1.57. The summed E-state index contributed by atoms with van der Waals surface area (Å²) < 4.78 is 5.14. The highest BCUT2D eigenvalue weighted by molar-refractivity contribution is 8.00. The largest absolute Gasteiger partial charge is 0.312 e. The van der Waals surface area contributed by atoms with Gasteiger partial charge in [0.1, 0.15) is 0 Å². The van der Waals surface area contributed by atoms with Crippen molar-refractivity contribution in [3.05, 3.63) is 24.3 Å². The Bertz CT molecular complexity index is 436. The van der Waals surface area contributed by atoms with Crippen LogP contribution < -0.4 is 4.72 Å². The van der Waals surface area contributed by atoms with Gasteiger partial charge in [-0.1, -0.05) is 31.0 Å². The van der Waals surface area contributed by atoms with E-state index in [1.54, 1.807) is 11.9 Å². The summed E-state index contributed by atoms with van der Waals surface area (Å²) in [7, 11) is 1.96. The number of aryl methyl sites for hydroxylation is 1. The molecule has 14 heavy (non-hydrogen) atoms. The van der Waals surface area contributed by atoms with Crippen molar-refractivity contribution in [1.29, 1.82) is 0 Å². The maximum absolute atomic E-state index is 4.41. The van der Waals surface area contributed by atoms with E-state index in [1.165, 1.54) is 5.39 Å². The molecule has 0 bridgehead atoms. The summed E-state index contributed by atoms with van der Waals surface area (Å²) in [5, 5.41) is 5.59. The summed E-state index contributed by atoms with van der Waals surface area (Å²) >= 11 is 1.66. The zero-order chi connectivity index (χ0) is 9.97. The Morgan fingerprint density at radius 3 is 3.00 bits per heavy atom. The first-order chi connectivity index (χ1) is 6.83. The average Bonchev–Trinajstić information content (AvgIpc) is 2.54. The second-order valence-electron chi connectivity index (χ2n) is 3.02. The quantitative estimate of drug-likeness (QED) is 0.785. The van der Waals surface area contributed by atoms with Crippen LogP contribution in [0.4, 0.5) is 5.82 Å². The number of hydrogen-bond acceptors (Lipinski definition) is 3. The molecule has 1 aromatic heterocycles. The molecule has 0 fully saturated rings. The van der Waals surface area contributed by atoms with E-state index in [9.17, 15) is 0 Å². The monoisotopic (exact) mass is 207 g/mol. The Morgan fingerprint density at radius 2 is 2.21 bits per heavy atom. The molecule has 1 heterocycles. The molecule has 0 amide bonds. The van der Waals surface area contributed by atoms with Crippen molar-refractivity contribution in [3.8, 4) is 0 Å². The molecule has 0 spiro atoms. The number of para-hydroxylation sites is 1. The summed E-state index contributed by atoms with van der Waals surface area (Å²) in [4.78, 5) is 0. The molecule has 0 saturated carbocycles. The smallest absolute Gasteiger partial charge is 0.165 e. The lowest BCUT2D eigenvalue weighted by molar-refractivity contribution is 0.802. The fourth-order valence-corrected chi connectivity index (χ4v) is 1.86. The zero-order valence-corrected chi connectivity index (χ0v) is 9.14. The molecule has 4 heteroatoms. The number of benzene rings is 1. The molecule has 2 rings (SSSR count). The summed E-state index contributed by atoms with van der Waals surface area (Å²) in [6, 6.07) is 8.22. The number of nitrogens with zero attached hydrogens (tertiary/aromatic N) is 2. The number of fused-ring (bicyclic) bond motifs is 1. The Hall–Kier alpha value is -1.16. The molecule has 0 unspecified atom stereocenters. The highest BCUT2D eigenvalue weighted by Crippen LogP contribution is 2.23. The lowest BCUT2D eigenvalue weighted by Crippen LogP contribution is -1.92. The van der Waals surface area contributed by atoms with Gasteiger partial charge in [0.2, 0.25) is 0 Å². The lowest BCUT2D eigenvalue weighted by Gasteiger charge is -1.98. The minimum atomic E-state index is 0.954. The van der Waals surface area contributed by atoms with Crippen LogP contribution in [-0.4, -0.2) is 15.5 Å². The molecule has 0 saturated heterocycles. The van der Waals surface area contributed by atoms with Crippen LogP contribution in [0.1, 0.15) is 6.92 Å². The van der Waals surface area contributed by atoms with E-state index < -0.39 is 0 Å². The minimum Gasteiger partial charge on any atom is -0.312 e. The van der Waals surface area contributed by atoms with Crippen molar-refractivity contribution >= 4 is 28.7 Å². The standard InChI is InChI=1S/C10H13N3S/c1-3-14-12-10-8-6-4-5-7-9(8)13(2)11-10/h4-7H,3H2,1-2H3,(H,11,12). The summed E-state index contributed by atoms with van der Waals surface area (Å²) in [5.74, 6) is 1.99. The SMILES string of the molecule is CCSNc1nn(C)c2ccccc12. The number of nitrogens with one attached hydrogen (secondary N) is 1. The van der Waals surface area contributed by atoms with Crippen LogP contribution in [0.15, 0.2) is 24.3 Å². The average molecular weight is 207 g/mol. The molecule has 3 nitrogen and oxygen atoms in total. The lowest BCUT2D eigenvalue weighted by atomic mass is 10.2. The first-order valence-corrected chi connectivity index (χ1v) is 5.61. The molecule has 0 aliphatic heterocycles. The molecule has 0 atom stereocenters. The van der Waals surface area contributed by atoms with Crippen molar-refractivity contribution in [1.82, 2.24) is 9.78 Å². The van der Waals surface area contributed by atoms with E-state index in [2.05, 4.69) is 28.9 Å². The second-order valence-corrected chi connectivity index (χ2v) is 4.09. The Labute approximate surface area is 87.6 Å². The van der Waals surface area contributed by atoms with Crippen molar-refractivity contribution in [2.75, 3.05) is 10.5 Å². The molecule has 1 aromatic carbocycles. The van der Waals surface area contributed by atoms with Gasteiger partial charge in [-0.2, -0.15) is 5.10 Å². The number of anilines is 1. The highest BCUT2D eigenvalue weighted by atomic mass is 32.2. The normalized spacial score (nSPS) is 10.7. The van der Waals surface area contributed by atoms with E-state index in [1.807, 2.05) is 23.9 Å². The predicted octanol–water partition coefficient (Wildman–Crippen LogP) is 2.65. The van der Waals surface area contributed by atoms with Crippen LogP contribution in [0.2, 0.25) is 0 Å². The van der Waals surface area contributed by atoms with E-state index in [4.69, 9.17) is 0 Å². The molecule has 0 aliphatic carbocycles. The summed E-state index contributed by atoms with van der Waals surface area (Å²) in [6.07, 6.45) is 0. The molecule has 2 aromatic rings. The molecule has 0 aliphatic rings.